The van der Waals surface area contributed by atoms with E-state index >= 15 is 0 Å². The molecule has 0 saturated heterocycles. The fourth-order valence-electron chi connectivity index (χ4n) is 4.17. The number of aromatic amines is 1. The number of aliphatic hydroxyl groups excluding tert-OH is 1. The maximum Gasteiger partial charge on any atom is 0.220 e. The van der Waals surface area contributed by atoms with Crippen molar-refractivity contribution in [2.75, 3.05) is 6.54 Å². The minimum atomic E-state index is -0.181. The van der Waals surface area contributed by atoms with E-state index in [1.54, 1.807) is 12.1 Å². The Kier molecular flexibility index (Phi) is 13.4. The number of hydrogen-bond acceptors (Lipinski definition) is 3. The molecular formula is C28H44N2O3. The van der Waals surface area contributed by atoms with E-state index in [0.29, 0.717) is 13.0 Å². The molecule has 4 N–H and O–H groups in total. The van der Waals surface area contributed by atoms with Crippen LogP contribution in [0.25, 0.3) is 10.9 Å². The molecule has 2 aromatic rings. The number of carbonyl (C=O) groups is 1. The Labute approximate surface area is 199 Å². The molecule has 2 rings (SSSR count). The van der Waals surface area contributed by atoms with Crippen molar-refractivity contribution in [1.82, 2.24) is 10.3 Å². The molecule has 1 amide bonds. The molecule has 0 aliphatic carbocycles. The Morgan fingerprint density at radius 2 is 1.85 bits per heavy atom. The average Bonchev–Trinajstić information content (AvgIpc) is 3.20. The number of carbonyl (C=O) groups excluding carboxylic acids is 1. The third-order valence-electron chi connectivity index (χ3n) is 6.21. The average molecular weight is 457 g/mol. The minimum absolute atomic E-state index is 0.119. The van der Waals surface area contributed by atoms with E-state index in [1.807, 2.05) is 12.3 Å². The first-order chi connectivity index (χ1) is 16.1. The molecule has 1 atom stereocenters. The molecule has 0 saturated carbocycles. The van der Waals surface area contributed by atoms with Crippen LogP contribution in [0.5, 0.6) is 5.75 Å². The molecule has 0 bridgehead atoms. The van der Waals surface area contributed by atoms with Crippen molar-refractivity contribution >= 4 is 16.8 Å². The Morgan fingerprint density at radius 1 is 1.06 bits per heavy atom. The lowest BCUT2D eigenvalue weighted by atomic mass is 10.1. The molecule has 0 radical (unpaired) electrons. The highest BCUT2D eigenvalue weighted by molar-refractivity contribution is 5.84. The van der Waals surface area contributed by atoms with Gasteiger partial charge in [0.2, 0.25) is 5.91 Å². The van der Waals surface area contributed by atoms with Gasteiger partial charge in [-0.15, -0.1) is 0 Å². The van der Waals surface area contributed by atoms with E-state index in [0.717, 1.165) is 61.4 Å². The normalized spacial score (nSPS) is 12.5. The molecule has 0 aliphatic heterocycles. The van der Waals surface area contributed by atoms with E-state index in [1.165, 1.54) is 38.5 Å². The van der Waals surface area contributed by atoms with Gasteiger partial charge in [-0.25, -0.2) is 0 Å². The molecule has 0 aliphatic rings. The zero-order valence-corrected chi connectivity index (χ0v) is 20.5. The monoisotopic (exact) mass is 456 g/mol. The van der Waals surface area contributed by atoms with Gasteiger partial charge in [-0.05, 0) is 62.3 Å². The van der Waals surface area contributed by atoms with Gasteiger partial charge in [0.25, 0.3) is 0 Å². The Bertz CT molecular complexity index is 828. The number of H-pyrrole nitrogens is 1. The van der Waals surface area contributed by atoms with Crippen LogP contribution < -0.4 is 5.32 Å². The highest BCUT2D eigenvalue weighted by Gasteiger charge is 2.06. The second kappa shape index (κ2) is 16.4. The molecule has 0 fully saturated rings. The first-order valence-corrected chi connectivity index (χ1v) is 13.0. The molecule has 1 aromatic carbocycles. The Morgan fingerprint density at radius 3 is 2.70 bits per heavy atom. The quantitative estimate of drug-likeness (QED) is 0.152. The smallest absolute Gasteiger partial charge is 0.220 e. The number of fused-ring (bicyclic) bond motifs is 1. The molecule has 0 unspecified atom stereocenters. The van der Waals surface area contributed by atoms with E-state index in [9.17, 15) is 15.0 Å². The number of amides is 1. The van der Waals surface area contributed by atoms with Crippen LogP contribution in [0.4, 0.5) is 0 Å². The predicted molar refractivity (Wildman–Crippen MR) is 138 cm³/mol. The topological polar surface area (TPSA) is 85.4 Å². The number of rotatable bonds is 18. The van der Waals surface area contributed by atoms with E-state index in [-0.39, 0.29) is 17.8 Å². The van der Waals surface area contributed by atoms with Gasteiger partial charge in [0.1, 0.15) is 5.75 Å². The lowest BCUT2D eigenvalue weighted by molar-refractivity contribution is -0.121. The first-order valence-electron chi connectivity index (χ1n) is 13.0. The fraction of sp³-hybridized carbons (Fsp3) is 0.607. The SMILES string of the molecule is CCCCCC[C@@H](O)CC=CCCCCCCCC(=O)NCCc1c[nH]c2ccc(O)cc12. The largest absolute Gasteiger partial charge is 0.508 e. The zero-order valence-electron chi connectivity index (χ0n) is 20.5. The third-order valence-corrected chi connectivity index (χ3v) is 6.21. The maximum atomic E-state index is 12.1. The number of unbranched alkanes of at least 4 members (excludes halogenated alkanes) is 8. The number of aromatic hydroxyl groups is 1. The summed E-state index contributed by atoms with van der Waals surface area (Å²) in [6, 6.07) is 5.30. The van der Waals surface area contributed by atoms with E-state index in [4.69, 9.17) is 0 Å². The maximum absolute atomic E-state index is 12.1. The molecule has 33 heavy (non-hydrogen) atoms. The predicted octanol–water partition coefficient (Wildman–Crippen LogP) is 6.54. The number of benzene rings is 1. The van der Waals surface area contributed by atoms with Gasteiger partial charge in [-0.3, -0.25) is 4.79 Å². The molecule has 0 spiro atoms. The van der Waals surface area contributed by atoms with Gasteiger partial charge in [-0.1, -0.05) is 64.0 Å². The summed E-state index contributed by atoms with van der Waals surface area (Å²) in [5.74, 6) is 0.379. The summed E-state index contributed by atoms with van der Waals surface area (Å²) in [4.78, 5) is 15.3. The van der Waals surface area contributed by atoms with Gasteiger partial charge in [0, 0.05) is 30.1 Å². The third kappa shape index (κ3) is 11.4. The van der Waals surface area contributed by atoms with Gasteiger partial charge in [0.15, 0.2) is 0 Å². The molecular weight excluding hydrogens is 412 g/mol. The summed E-state index contributed by atoms with van der Waals surface area (Å²) in [6.07, 6.45) is 20.7. The number of phenols is 1. The van der Waals surface area contributed by atoms with Crippen molar-refractivity contribution in [3.63, 3.8) is 0 Å². The molecule has 184 valence electrons. The number of nitrogens with one attached hydrogen (secondary N) is 2. The van der Waals surface area contributed by atoms with Crippen molar-refractivity contribution in [1.29, 1.82) is 0 Å². The van der Waals surface area contributed by atoms with Crippen LogP contribution in [-0.4, -0.2) is 33.8 Å². The summed E-state index contributed by atoms with van der Waals surface area (Å²) in [5, 5.41) is 23.6. The van der Waals surface area contributed by atoms with E-state index in [2.05, 4.69) is 29.4 Å². The summed E-state index contributed by atoms with van der Waals surface area (Å²) in [7, 11) is 0. The van der Waals surface area contributed by atoms with Crippen molar-refractivity contribution < 1.29 is 15.0 Å². The number of aliphatic hydroxyl groups is 1. The first kappa shape index (κ1) is 27.0. The highest BCUT2D eigenvalue weighted by atomic mass is 16.3. The van der Waals surface area contributed by atoms with Crippen LogP contribution in [0.3, 0.4) is 0 Å². The van der Waals surface area contributed by atoms with Crippen LogP contribution in [0.2, 0.25) is 0 Å². The number of phenolic OH excluding ortho intramolecular Hbond substituents is 1. The zero-order chi connectivity index (χ0) is 23.7. The lowest BCUT2D eigenvalue weighted by Crippen LogP contribution is -2.25. The number of allylic oxidation sites excluding steroid dienone is 1. The summed E-state index contributed by atoms with van der Waals surface area (Å²) < 4.78 is 0. The Hall–Kier alpha value is -2.27. The highest BCUT2D eigenvalue weighted by Crippen LogP contribution is 2.23. The minimum Gasteiger partial charge on any atom is -0.508 e. The van der Waals surface area contributed by atoms with Gasteiger partial charge in [-0.2, -0.15) is 0 Å². The molecule has 1 aromatic heterocycles. The van der Waals surface area contributed by atoms with E-state index < -0.39 is 0 Å². The second-order valence-electron chi connectivity index (χ2n) is 9.16. The van der Waals surface area contributed by atoms with Gasteiger partial charge in [0.05, 0.1) is 6.10 Å². The van der Waals surface area contributed by atoms with Gasteiger partial charge >= 0.3 is 0 Å². The van der Waals surface area contributed by atoms with Gasteiger partial charge < -0.3 is 20.5 Å². The standard InChI is InChI=1S/C28H44N2O3/c1-2-3-4-11-14-24(31)15-12-9-7-5-6-8-10-13-16-28(33)29-20-19-23-22-30-27-18-17-25(32)21-26(23)27/h9,12,17-18,21-22,24,30-32H,2-8,10-11,13-16,19-20H2,1H3,(H,29,33)/t24-/m1/s1. The van der Waals surface area contributed by atoms with Crippen LogP contribution in [-0.2, 0) is 11.2 Å². The van der Waals surface area contributed by atoms with Crippen molar-refractivity contribution in [3.05, 3.63) is 42.1 Å². The summed E-state index contributed by atoms with van der Waals surface area (Å²) in [6.45, 7) is 2.82. The van der Waals surface area contributed by atoms with Crippen LogP contribution in [0.15, 0.2) is 36.5 Å². The van der Waals surface area contributed by atoms with Crippen LogP contribution >= 0.6 is 0 Å². The Balaban J connectivity index is 1.42. The van der Waals surface area contributed by atoms with Crippen LogP contribution in [0, 0.1) is 0 Å². The number of hydrogen-bond donors (Lipinski definition) is 4. The lowest BCUT2D eigenvalue weighted by Gasteiger charge is -2.07. The second-order valence-corrected chi connectivity index (χ2v) is 9.16. The number of aromatic nitrogens is 1. The summed E-state index contributed by atoms with van der Waals surface area (Å²) in [5.41, 5.74) is 2.11. The van der Waals surface area contributed by atoms with Crippen LogP contribution in [0.1, 0.15) is 96.0 Å². The van der Waals surface area contributed by atoms with Crippen molar-refractivity contribution in [2.24, 2.45) is 0 Å². The molecule has 5 heteroatoms. The van der Waals surface area contributed by atoms with Crippen molar-refractivity contribution in [2.45, 2.75) is 103 Å². The summed E-state index contributed by atoms with van der Waals surface area (Å²) >= 11 is 0. The molecule has 1 heterocycles. The molecule has 5 nitrogen and oxygen atoms in total. The van der Waals surface area contributed by atoms with Crippen molar-refractivity contribution in [3.8, 4) is 5.75 Å². The fourth-order valence-corrected chi connectivity index (χ4v) is 4.17.